The average Bonchev–Trinajstić information content (AvgIpc) is 3.23. The molecule has 2 aromatic carbocycles. The summed E-state index contributed by atoms with van der Waals surface area (Å²) in [5.41, 5.74) is 2.45. The van der Waals surface area contributed by atoms with Gasteiger partial charge in [0.1, 0.15) is 5.69 Å². The molecule has 0 saturated carbocycles. The first-order valence-electron chi connectivity index (χ1n) is 7.73. The molecule has 126 valence electrons. The summed E-state index contributed by atoms with van der Waals surface area (Å²) in [6, 6.07) is 17.2. The quantitative estimate of drug-likeness (QED) is 0.401. The molecule has 3 heterocycles. The van der Waals surface area contributed by atoms with Crippen LogP contribution in [0.3, 0.4) is 0 Å². The van der Waals surface area contributed by atoms with Gasteiger partial charge in [0.05, 0.1) is 10.5 Å². The zero-order chi connectivity index (χ0) is 17.7. The second-order valence-corrected chi connectivity index (χ2v) is 7.44. The molecule has 0 saturated heterocycles. The maximum atomic E-state index is 6.31. The summed E-state index contributed by atoms with van der Waals surface area (Å²) in [6.45, 7) is 0. The van der Waals surface area contributed by atoms with Gasteiger partial charge in [0, 0.05) is 16.0 Å². The Morgan fingerprint density at radius 2 is 1.81 bits per heavy atom. The number of aromatic nitrogens is 5. The van der Waals surface area contributed by atoms with Gasteiger partial charge in [0.2, 0.25) is 4.96 Å². The van der Waals surface area contributed by atoms with Crippen LogP contribution in [-0.2, 0) is 0 Å². The first-order valence-corrected chi connectivity index (χ1v) is 9.30. The monoisotopic (exact) mass is 397 g/mol. The second kappa shape index (κ2) is 6.02. The Morgan fingerprint density at radius 1 is 0.923 bits per heavy atom. The first-order chi connectivity index (χ1) is 12.7. The molecule has 0 aliphatic carbocycles. The molecule has 5 rings (SSSR count). The minimum Gasteiger partial charge on any atom is -0.245 e. The summed E-state index contributed by atoms with van der Waals surface area (Å²) in [7, 11) is 0. The van der Waals surface area contributed by atoms with E-state index in [0.717, 1.165) is 27.2 Å². The Balaban J connectivity index is 1.65. The number of fused-ring (bicyclic) bond motifs is 2. The van der Waals surface area contributed by atoms with Crippen molar-refractivity contribution >= 4 is 50.4 Å². The Hall–Kier alpha value is -2.54. The third-order valence-electron chi connectivity index (χ3n) is 3.98. The Morgan fingerprint density at radius 3 is 2.69 bits per heavy atom. The van der Waals surface area contributed by atoms with E-state index in [4.69, 9.17) is 28.2 Å². The molecule has 5 nitrogen and oxygen atoms in total. The van der Waals surface area contributed by atoms with Crippen LogP contribution in [0.5, 0.6) is 0 Å². The Bertz CT molecular complexity index is 1280. The molecular weight excluding hydrogens is 389 g/mol. The zero-order valence-corrected chi connectivity index (χ0v) is 15.4. The van der Waals surface area contributed by atoms with Crippen LogP contribution >= 0.6 is 34.5 Å². The van der Waals surface area contributed by atoms with Crippen molar-refractivity contribution in [3.8, 4) is 22.1 Å². The molecule has 0 unspecified atom stereocenters. The number of hydrogen-bond donors (Lipinski definition) is 0. The topological polar surface area (TPSA) is 56.0 Å². The molecule has 0 aliphatic heterocycles. The highest BCUT2D eigenvalue weighted by molar-refractivity contribution is 7.19. The number of rotatable bonds is 2. The average molecular weight is 398 g/mol. The summed E-state index contributed by atoms with van der Waals surface area (Å²) in [6.07, 6.45) is 0. The molecule has 26 heavy (non-hydrogen) atoms. The molecule has 0 radical (unpaired) electrons. The Kier molecular flexibility index (Phi) is 3.63. The summed E-state index contributed by atoms with van der Waals surface area (Å²) >= 11 is 13.7. The van der Waals surface area contributed by atoms with E-state index in [9.17, 15) is 0 Å². The van der Waals surface area contributed by atoms with Crippen LogP contribution in [0, 0.1) is 0 Å². The van der Waals surface area contributed by atoms with E-state index < -0.39 is 0 Å². The highest BCUT2D eigenvalue weighted by atomic mass is 35.5. The van der Waals surface area contributed by atoms with E-state index in [1.54, 1.807) is 16.6 Å². The molecular formula is C18H9Cl2N5S. The predicted octanol–water partition coefficient (Wildman–Crippen LogP) is 5.37. The molecule has 8 heteroatoms. The van der Waals surface area contributed by atoms with Crippen molar-refractivity contribution in [3.05, 3.63) is 64.6 Å². The zero-order valence-electron chi connectivity index (χ0n) is 13.1. The van der Waals surface area contributed by atoms with E-state index in [-0.39, 0.29) is 0 Å². The molecule has 5 aromatic rings. The lowest BCUT2D eigenvalue weighted by atomic mass is 10.2. The van der Waals surface area contributed by atoms with Gasteiger partial charge in [-0.15, -0.1) is 10.2 Å². The lowest BCUT2D eigenvalue weighted by Gasteiger charge is -2.01. The highest BCUT2D eigenvalue weighted by Gasteiger charge is 2.17. The molecule has 3 aromatic heterocycles. The maximum absolute atomic E-state index is 6.31. The molecule has 0 fully saturated rings. The van der Waals surface area contributed by atoms with Gasteiger partial charge in [0.25, 0.3) is 0 Å². The summed E-state index contributed by atoms with van der Waals surface area (Å²) < 4.78 is 1.69. The number of nitrogens with zero attached hydrogens (tertiary/aromatic N) is 5. The fourth-order valence-corrected chi connectivity index (χ4v) is 4.05. The smallest absolute Gasteiger partial charge is 0.235 e. The fraction of sp³-hybridized carbons (Fsp3) is 0. The van der Waals surface area contributed by atoms with E-state index in [1.165, 1.54) is 11.3 Å². The van der Waals surface area contributed by atoms with Crippen LogP contribution in [-0.4, -0.2) is 24.8 Å². The SMILES string of the molecule is Clc1ccc(-c2nnc3sc(-c4ccc5ccccc5n4)nn23)c(Cl)c1. The van der Waals surface area contributed by atoms with Crippen LogP contribution < -0.4 is 0 Å². The second-order valence-electron chi connectivity index (χ2n) is 5.64. The van der Waals surface area contributed by atoms with Crippen molar-refractivity contribution in [1.82, 2.24) is 24.8 Å². The van der Waals surface area contributed by atoms with Gasteiger partial charge in [-0.1, -0.05) is 58.8 Å². The van der Waals surface area contributed by atoms with Crippen molar-refractivity contribution in [1.29, 1.82) is 0 Å². The number of hydrogen-bond acceptors (Lipinski definition) is 5. The number of halogens is 2. The van der Waals surface area contributed by atoms with Crippen LogP contribution in [0.1, 0.15) is 0 Å². The van der Waals surface area contributed by atoms with Crippen LogP contribution in [0.25, 0.3) is 38.0 Å². The van der Waals surface area contributed by atoms with E-state index in [0.29, 0.717) is 20.8 Å². The lowest BCUT2D eigenvalue weighted by molar-refractivity contribution is 0.968. The lowest BCUT2D eigenvalue weighted by Crippen LogP contribution is -1.92. The van der Waals surface area contributed by atoms with Crippen LogP contribution in [0.15, 0.2) is 54.6 Å². The van der Waals surface area contributed by atoms with Crippen molar-refractivity contribution in [3.63, 3.8) is 0 Å². The van der Waals surface area contributed by atoms with Gasteiger partial charge in [-0.2, -0.15) is 9.61 Å². The van der Waals surface area contributed by atoms with Gasteiger partial charge in [-0.05, 0) is 30.3 Å². The van der Waals surface area contributed by atoms with Gasteiger partial charge < -0.3 is 0 Å². The molecule has 0 spiro atoms. The van der Waals surface area contributed by atoms with E-state index in [2.05, 4.69) is 15.3 Å². The molecule has 0 N–H and O–H groups in total. The van der Waals surface area contributed by atoms with E-state index in [1.807, 2.05) is 42.5 Å². The third-order valence-corrected chi connectivity index (χ3v) is 5.45. The summed E-state index contributed by atoms with van der Waals surface area (Å²) in [4.78, 5) is 5.37. The summed E-state index contributed by atoms with van der Waals surface area (Å²) in [5, 5.41) is 16.0. The minimum atomic E-state index is 0.505. The number of para-hydroxylation sites is 1. The van der Waals surface area contributed by atoms with Crippen molar-refractivity contribution in [2.75, 3.05) is 0 Å². The van der Waals surface area contributed by atoms with E-state index >= 15 is 0 Å². The van der Waals surface area contributed by atoms with Crippen molar-refractivity contribution in [2.24, 2.45) is 0 Å². The number of pyridine rings is 1. The Labute approximate surface area is 161 Å². The van der Waals surface area contributed by atoms with Gasteiger partial charge in [-0.25, -0.2) is 4.98 Å². The highest BCUT2D eigenvalue weighted by Crippen LogP contribution is 2.32. The maximum Gasteiger partial charge on any atom is 0.235 e. The third kappa shape index (κ3) is 2.54. The van der Waals surface area contributed by atoms with Crippen LogP contribution in [0.2, 0.25) is 10.0 Å². The predicted molar refractivity (Wildman–Crippen MR) is 105 cm³/mol. The fourth-order valence-electron chi connectivity index (χ4n) is 2.74. The minimum absolute atomic E-state index is 0.505. The largest absolute Gasteiger partial charge is 0.245 e. The van der Waals surface area contributed by atoms with Gasteiger partial charge in [0.15, 0.2) is 10.8 Å². The standard InChI is InChI=1S/C18H9Cl2N5S/c19-11-6-7-12(13(20)9-11)16-22-23-18-25(16)24-17(26-18)15-8-5-10-3-1-2-4-14(10)21-15/h1-9H. The number of benzene rings is 2. The molecule has 0 amide bonds. The van der Waals surface area contributed by atoms with Crippen LogP contribution in [0.4, 0.5) is 0 Å². The van der Waals surface area contributed by atoms with Gasteiger partial charge in [-0.3, -0.25) is 0 Å². The molecule has 0 bridgehead atoms. The first kappa shape index (κ1) is 15.7. The van der Waals surface area contributed by atoms with Crippen molar-refractivity contribution in [2.45, 2.75) is 0 Å². The summed E-state index contributed by atoms with van der Waals surface area (Å²) in [5.74, 6) is 0.574. The molecule has 0 atom stereocenters. The normalized spacial score (nSPS) is 11.5. The molecule has 0 aliphatic rings. The van der Waals surface area contributed by atoms with Crippen molar-refractivity contribution < 1.29 is 0 Å². The van der Waals surface area contributed by atoms with Gasteiger partial charge >= 0.3 is 0 Å².